The molecule has 0 fully saturated rings. The topological polar surface area (TPSA) is 18.5 Å². The SMILES string of the molecule is CC(C)=CCC/C(C)=C/C(OCC[C@@H](C)CCC=C(C)C)OCC[C@@H](C)CCC=C(C)C. The minimum absolute atomic E-state index is 0.225. The summed E-state index contributed by atoms with van der Waals surface area (Å²) in [5.41, 5.74) is 5.54. The lowest BCUT2D eigenvalue weighted by Gasteiger charge is -2.19. The zero-order chi connectivity index (χ0) is 24.4. The maximum Gasteiger partial charge on any atom is 0.177 e. The fraction of sp³-hybridized carbons (Fsp3) is 0.733. The van der Waals surface area contributed by atoms with Crippen LogP contribution < -0.4 is 0 Å². The molecule has 0 spiro atoms. The molecule has 0 aromatic carbocycles. The summed E-state index contributed by atoms with van der Waals surface area (Å²) in [4.78, 5) is 0. The molecule has 0 amide bonds. The first kappa shape index (κ1) is 30.9. The summed E-state index contributed by atoms with van der Waals surface area (Å²) in [7, 11) is 0. The molecule has 0 aliphatic rings. The third-order valence-electron chi connectivity index (χ3n) is 5.72. The number of allylic oxidation sites excluding steroid dienone is 7. The predicted octanol–water partition coefficient (Wildman–Crippen LogP) is 9.58. The summed E-state index contributed by atoms with van der Waals surface area (Å²) in [6.45, 7) is 21.4. The summed E-state index contributed by atoms with van der Waals surface area (Å²) in [6.07, 6.45) is 18.0. The van der Waals surface area contributed by atoms with Gasteiger partial charge < -0.3 is 9.47 Å². The van der Waals surface area contributed by atoms with E-state index in [0.29, 0.717) is 11.8 Å². The molecule has 0 bridgehead atoms. The first-order chi connectivity index (χ1) is 15.1. The van der Waals surface area contributed by atoms with Crippen molar-refractivity contribution in [2.75, 3.05) is 13.2 Å². The Morgan fingerprint density at radius 3 is 1.41 bits per heavy atom. The highest BCUT2D eigenvalue weighted by Gasteiger charge is 2.10. The molecule has 0 heterocycles. The van der Waals surface area contributed by atoms with E-state index in [4.69, 9.17) is 9.47 Å². The van der Waals surface area contributed by atoms with Gasteiger partial charge in [-0.05, 0) is 118 Å². The fourth-order valence-corrected chi connectivity index (χ4v) is 3.42. The van der Waals surface area contributed by atoms with Crippen molar-refractivity contribution in [1.29, 1.82) is 0 Å². The van der Waals surface area contributed by atoms with Gasteiger partial charge in [-0.1, -0.05) is 54.4 Å². The zero-order valence-electron chi connectivity index (χ0n) is 22.9. The van der Waals surface area contributed by atoms with Crippen LogP contribution in [0.5, 0.6) is 0 Å². The molecule has 0 aromatic rings. The van der Waals surface area contributed by atoms with Gasteiger partial charge in [-0.2, -0.15) is 0 Å². The predicted molar refractivity (Wildman–Crippen MR) is 143 cm³/mol. The van der Waals surface area contributed by atoms with Crippen molar-refractivity contribution in [2.24, 2.45) is 11.8 Å². The van der Waals surface area contributed by atoms with Gasteiger partial charge in [-0.25, -0.2) is 0 Å². The Labute approximate surface area is 201 Å². The lowest BCUT2D eigenvalue weighted by Crippen LogP contribution is -2.19. The molecule has 2 heteroatoms. The van der Waals surface area contributed by atoms with Crippen LogP contribution in [0.15, 0.2) is 46.6 Å². The van der Waals surface area contributed by atoms with E-state index >= 15 is 0 Å². The van der Waals surface area contributed by atoms with Gasteiger partial charge >= 0.3 is 0 Å². The van der Waals surface area contributed by atoms with Crippen LogP contribution in [0.2, 0.25) is 0 Å². The maximum absolute atomic E-state index is 6.19. The molecule has 0 aliphatic carbocycles. The van der Waals surface area contributed by atoms with Gasteiger partial charge in [0, 0.05) is 0 Å². The largest absolute Gasteiger partial charge is 0.349 e. The molecule has 0 unspecified atom stereocenters. The second kappa shape index (κ2) is 19.4. The summed E-state index contributed by atoms with van der Waals surface area (Å²) in [5, 5.41) is 0. The molecule has 32 heavy (non-hydrogen) atoms. The van der Waals surface area contributed by atoms with Crippen LogP contribution in [-0.2, 0) is 9.47 Å². The van der Waals surface area contributed by atoms with E-state index in [2.05, 4.69) is 86.6 Å². The van der Waals surface area contributed by atoms with E-state index in [1.165, 1.54) is 35.1 Å². The third-order valence-corrected chi connectivity index (χ3v) is 5.72. The molecule has 2 atom stereocenters. The molecular formula is C30H54O2. The van der Waals surface area contributed by atoms with Crippen LogP contribution in [0.3, 0.4) is 0 Å². The number of rotatable bonds is 18. The fourth-order valence-electron chi connectivity index (χ4n) is 3.42. The lowest BCUT2D eigenvalue weighted by molar-refractivity contribution is -0.116. The molecule has 0 aromatic heterocycles. The quantitative estimate of drug-likeness (QED) is 0.154. The van der Waals surface area contributed by atoms with E-state index in [1.54, 1.807) is 0 Å². The van der Waals surface area contributed by atoms with Crippen molar-refractivity contribution in [3.05, 3.63) is 46.6 Å². The van der Waals surface area contributed by atoms with Gasteiger partial charge in [0.15, 0.2) is 6.29 Å². The molecule has 0 rings (SSSR count). The highest BCUT2D eigenvalue weighted by Crippen LogP contribution is 2.16. The first-order valence-electron chi connectivity index (χ1n) is 12.9. The summed E-state index contributed by atoms with van der Waals surface area (Å²) >= 11 is 0. The van der Waals surface area contributed by atoms with Crippen molar-refractivity contribution in [1.82, 2.24) is 0 Å². The van der Waals surface area contributed by atoms with Crippen LogP contribution in [0.4, 0.5) is 0 Å². The van der Waals surface area contributed by atoms with Crippen LogP contribution in [0.25, 0.3) is 0 Å². The molecule has 0 aliphatic heterocycles. The second-order valence-electron chi connectivity index (χ2n) is 10.4. The van der Waals surface area contributed by atoms with Crippen LogP contribution >= 0.6 is 0 Å². The van der Waals surface area contributed by atoms with Gasteiger partial charge in [0.05, 0.1) is 13.2 Å². The van der Waals surface area contributed by atoms with Gasteiger partial charge in [-0.15, -0.1) is 0 Å². The van der Waals surface area contributed by atoms with Crippen molar-refractivity contribution < 1.29 is 9.47 Å². The molecule has 0 radical (unpaired) electrons. The molecule has 0 saturated carbocycles. The van der Waals surface area contributed by atoms with Crippen LogP contribution in [0, 0.1) is 11.8 Å². The summed E-state index contributed by atoms with van der Waals surface area (Å²) < 4.78 is 12.4. The van der Waals surface area contributed by atoms with Crippen molar-refractivity contribution in [2.45, 2.75) is 120 Å². The Morgan fingerprint density at radius 1 is 0.594 bits per heavy atom. The second-order valence-corrected chi connectivity index (χ2v) is 10.4. The van der Waals surface area contributed by atoms with Crippen molar-refractivity contribution in [3.8, 4) is 0 Å². The molecular weight excluding hydrogens is 392 g/mol. The van der Waals surface area contributed by atoms with E-state index in [0.717, 1.165) is 51.7 Å². The maximum atomic E-state index is 6.19. The molecule has 0 N–H and O–H groups in total. The highest BCUT2D eigenvalue weighted by atomic mass is 16.7. The van der Waals surface area contributed by atoms with E-state index in [-0.39, 0.29) is 6.29 Å². The van der Waals surface area contributed by atoms with E-state index in [1.807, 2.05) is 0 Å². The van der Waals surface area contributed by atoms with Gasteiger partial charge in [-0.3, -0.25) is 0 Å². The average Bonchev–Trinajstić information content (AvgIpc) is 2.66. The number of ether oxygens (including phenoxy) is 2. The molecule has 2 nitrogen and oxygen atoms in total. The monoisotopic (exact) mass is 446 g/mol. The molecule has 0 saturated heterocycles. The van der Waals surface area contributed by atoms with Gasteiger partial charge in [0.2, 0.25) is 0 Å². The highest BCUT2D eigenvalue weighted by molar-refractivity contribution is 5.03. The average molecular weight is 447 g/mol. The normalized spacial score (nSPS) is 13.6. The third kappa shape index (κ3) is 20.8. The van der Waals surface area contributed by atoms with Gasteiger partial charge in [0.1, 0.15) is 0 Å². The van der Waals surface area contributed by atoms with Crippen molar-refractivity contribution >= 4 is 0 Å². The van der Waals surface area contributed by atoms with Gasteiger partial charge in [0.25, 0.3) is 0 Å². The Hall–Kier alpha value is -1.12. The van der Waals surface area contributed by atoms with E-state index in [9.17, 15) is 0 Å². The smallest absolute Gasteiger partial charge is 0.177 e. The zero-order valence-corrected chi connectivity index (χ0v) is 22.9. The Bertz CT molecular complexity index is 548. The van der Waals surface area contributed by atoms with Crippen LogP contribution in [0.1, 0.15) is 114 Å². The minimum atomic E-state index is -0.225. The molecule has 186 valence electrons. The lowest BCUT2D eigenvalue weighted by atomic mass is 10.0. The van der Waals surface area contributed by atoms with Crippen molar-refractivity contribution in [3.63, 3.8) is 0 Å². The summed E-state index contributed by atoms with van der Waals surface area (Å²) in [5.74, 6) is 1.34. The Kier molecular flexibility index (Phi) is 18.7. The Morgan fingerprint density at radius 2 is 1.00 bits per heavy atom. The minimum Gasteiger partial charge on any atom is -0.349 e. The van der Waals surface area contributed by atoms with E-state index < -0.39 is 0 Å². The summed E-state index contributed by atoms with van der Waals surface area (Å²) in [6, 6.07) is 0. The standard InChI is InChI=1S/C30H54O2/c1-24(2)13-10-16-27(7)19-21-31-30(23-29(9)18-12-15-26(5)6)32-22-20-28(8)17-11-14-25(3)4/h13-15,23,27-28,30H,10-12,16-22H2,1-9H3/b29-23+/t27-,28-/m0/s1. The number of hydrogen-bond acceptors (Lipinski definition) is 2. The number of hydrogen-bond donors (Lipinski definition) is 0. The Balaban J connectivity index is 4.60. The first-order valence-corrected chi connectivity index (χ1v) is 12.9. The van der Waals surface area contributed by atoms with Crippen LogP contribution in [-0.4, -0.2) is 19.5 Å².